The third kappa shape index (κ3) is 4.30. The Bertz CT molecular complexity index is 490. The summed E-state index contributed by atoms with van der Waals surface area (Å²) >= 11 is 0. The van der Waals surface area contributed by atoms with Gasteiger partial charge in [0.25, 0.3) is 0 Å². The SMILES string of the molecule is CC(C)c1nccn1CC(=O)NCC(C)(C)N1CCOCC1. The number of amides is 1. The Kier molecular flexibility index (Phi) is 5.58. The van der Waals surface area contributed by atoms with E-state index in [1.54, 1.807) is 6.20 Å². The molecule has 1 saturated heterocycles. The van der Waals surface area contributed by atoms with Crippen LogP contribution in [0.1, 0.15) is 39.4 Å². The third-order valence-electron chi connectivity index (χ3n) is 4.16. The van der Waals surface area contributed by atoms with E-state index in [-0.39, 0.29) is 11.4 Å². The van der Waals surface area contributed by atoms with E-state index in [1.807, 2.05) is 10.8 Å². The van der Waals surface area contributed by atoms with Gasteiger partial charge in [-0.25, -0.2) is 4.98 Å². The first-order valence-corrected chi connectivity index (χ1v) is 8.00. The summed E-state index contributed by atoms with van der Waals surface area (Å²) in [5.74, 6) is 1.29. The number of aromatic nitrogens is 2. The number of ether oxygens (including phenoxy) is 1. The van der Waals surface area contributed by atoms with Gasteiger partial charge in [0.2, 0.25) is 5.91 Å². The van der Waals surface area contributed by atoms with Gasteiger partial charge in [0, 0.05) is 43.5 Å². The van der Waals surface area contributed by atoms with E-state index in [2.05, 4.69) is 42.9 Å². The number of carbonyl (C=O) groups excluding carboxylic acids is 1. The molecule has 0 spiro atoms. The number of nitrogens with one attached hydrogen (secondary N) is 1. The Morgan fingerprint density at radius 2 is 2.09 bits per heavy atom. The molecule has 1 fully saturated rings. The highest BCUT2D eigenvalue weighted by molar-refractivity contribution is 5.75. The van der Waals surface area contributed by atoms with E-state index < -0.39 is 0 Å². The maximum atomic E-state index is 12.2. The van der Waals surface area contributed by atoms with Gasteiger partial charge in [0.05, 0.1) is 13.2 Å². The van der Waals surface area contributed by atoms with Gasteiger partial charge in [-0.15, -0.1) is 0 Å². The molecule has 1 N–H and O–H groups in total. The van der Waals surface area contributed by atoms with Crippen LogP contribution in [-0.2, 0) is 16.1 Å². The van der Waals surface area contributed by atoms with Crippen molar-refractivity contribution in [3.63, 3.8) is 0 Å². The first kappa shape index (κ1) is 17.0. The highest BCUT2D eigenvalue weighted by atomic mass is 16.5. The van der Waals surface area contributed by atoms with Crippen LogP contribution in [0.15, 0.2) is 12.4 Å². The predicted octanol–water partition coefficient (Wildman–Crippen LogP) is 1.23. The maximum Gasteiger partial charge on any atom is 0.240 e. The lowest BCUT2D eigenvalue weighted by atomic mass is 10.0. The summed E-state index contributed by atoms with van der Waals surface area (Å²) in [7, 11) is 0. The molecule has 0 atom stereocenters. The molecule has 0 aliphatic carbocycles. The number of nitrogens with zero attached hydrogens (tertiary/aromatic N) is 3. The molecule has 0 aromatic carbocycles. The highest BCUT2D eigenvalue weighted by Gasteiger charge is 2.28. The fourth-order valence-electron chi connectivity index (χ4n) is 2.76. The molecule has 0 bridgehead atoms. The monoisotopic (exact) mass is 308 g/mol. The number of hydrogen-bond donors (Lipinski definition) is 1. The molecular formula is C16H28N4O2. The van der Waals surface area contributed by atoms with Gasteiger partial charge in [-0.1, -0.05) is 13.8 Å². The average molecular weight is 308 g/mol. The molecular weight excluding hydrogens is 280 g/mol. The smallest absolute Gasteiger partial charge is 0.240 e. The van der Waals surface area contributed by atoms with Gasteiger partial charge in [0.1, 0.15) is 12.4 Å². The Hall–Kier alpha value is -1.40. The van der Waals surface area contributed by atoms with Crippen LogP contribution in [0.4, 0.5) is 0 Å². The molecule has 6 heteroatoms. The zero-order chi connectivity index (χ0) is 16.2. The minimum Gasteiger partial charge on any atom is -0.379 e. The Morgan fingerprint density at radius 1 is 1.41 bits per heavy atom. The van der Waals surface area contributed by atoms with E-state index in [0.717, 1.165) is 32.1 Å². The zero-order valence-electron chi connectivity index (χ0n) is 14.1. The van der Waals surface area contributed by atoms with Gasteiger partial charge in [-0.2, -0.15) is 0 Å². The van der Waals surface area contributed by atoms with Crippen LogP contribution in [0.2, 0.25) is 0 Å². The molecule has 0 unspecified atom stereocenters. The van der Waals surface area contributed by atoms with Crippen molar-refractivity contribution in [1.29, 1.82) is 0 Å². The Balaban J connectivity index is 1.85. The van der Waals surface area contributed by atoms with Gasteiger partial charge < -0.3 is 14.6 Å². The largest absolute Gasteiger partial charge is 0.379 e. The van der Waals surface area contributed by atoms with E-state index >= 15 is 0 Å². The normalized spacial score (nSPS) is 17.0. The van der Waals surface area contributed by atoms with Crippen molar-refractivity contribution in [3.8, 4) is 0 Å². The van der Waals surface area contributed by atoms with E-state index in [1.165, 1.54) is 0 Å². The quantitative estimate of drug-likeness (QED) is 0.859. The number of hydrogen-bond acceptors (Lipinski definition) is 4. The van der Waals surface area contributed by atoms with Crippen molar-refractivity contribution in [2.75, 3.05) is 32.8 Å². The number of carbonyl (C=O) groups is 1. The van der Waals surface area contributed by atoms with E-state index in [9.17, 15) is 4.79 Å². The summed E-state index contributed by atoms with van der Waals surface area (Å²) in [5, 5.41) is 3.05. The lowest BCUT2D eigenvalue weighted by Gasteiger charge is -2.40. The van der Waals surface area contributed by atoms with E-state index in [4.69, 9.17) is 4.74 Å². The highest BCUT2D eigenvalue weighted by Crippen LogP contribution is 2.15. The van der Waals surface area contributed by atoms with Crippen LogP contribution < -0.4 is 5.32 Å². The predicted molar refractivity (Wildman–Crippen MR) is 85.8 cm³/mol. The first-order valence-electron chi connectivity index (χ1n) is 8.00. The fourth-order valence-corrected chi connectivity index (χ4v) is 2.76. The Labute approximate surface area is 132 Å². The van der Waals surface area contributed by atoms with Crippen molar-refractivity contribution < 1.29 is 9.53 Å². The van der Waals surface area contributed by atoms with Crippen molar-refractivity contribution in [2.45, 2.75) is 45.7 Å². The van der Waals surface area contributed by atoms with Crippen LogP contribution in [0.5, 0.6) is 0 Å². The summed E-state index contributed by atoms with van der Waals surface area (Å²) in [4.78, 5) is 18.9. The molecule has 1 aromatic heterocycles. The summed E-state index contributed by atoms with van der Waals surface area (Å²) in [5.41, 5.74) is -0.0603. The molecule has 1 aromatic rings. The molecule has 1 aliphatic rings. The topological polar surface area (TPSA) is 59.4 Å². The van der Waals surface area contributed by atoms with Gasteiger partial charge >= 0.3 is 0 Å². The zero-order valence-corrected chi connectivity index (χ0v) is 14.1. The van der Waals surface area contributed by atoms with Gasteiger partial charge in [-0.05, 0) is 13.8 Å². The summed E-state index contributed by atoms with van der Waals surface area (Å²) < 4.78 is 7.31. The summed E-state index contributed by atoms with van der Waals surface area (Å²) in [6.45, 7) is 12.8. The van der Waals surface area contributed by atoms with Crippen LogP contribution >= 0.6 is 0 Å². The molecule has 124 valence electrons. The number of rotatable bonds is 6. The van der Waals surface area contributed by atoms with Crippen LogP contribution in [0, 0.1) is 0 Å². The molecule has 2 heterocycles. The van der Waals surface area contributed by atoms with E-state index in [0.29, 0.717) is 19.0 Å². The van der Waals surface area contributed by atoms with Crippen LogP contribution in [0.25, 0.3) is 0 Å². The standard InChI is InChI=1S/C16H28N4O2/c1-13(2)15-17-5-6-19(15)11-14(21)18-12-16(3,4)20-7-9-22-10-8-20/h5-6,13H,7-12H2,1-4H3,(H,18,21). The number of morpholine rings is 1. The second-order valence-electron chi connectivity index (χ2n) is 6.76. The van der Waals surface area contributed by atoms with Crippen LogP contribution in [-0.4, -0.2) is 58.7 Å². The van der Waals surface area contributed by atoms with Gasteiger partial charge in [0.15, 0.2) is 0 Å². The van der Waals surface area contributed by atoms with Crippen LogP contribution in [0.3, 0.4) is 0 Å². The second-order valence-corrected chi connectivity index (χ2v) is 6.76. The molecule has 0 radical (unpaired) electrons. The lowest BCUT2D eigenvalue weighted by molar-refractivity contribution is -0.122. The first-order chi connectivity index (χ1) is 10.4. The summed E-state index contributed by atoms with van der Waals surface area (Å²) in [6.07, 6.45) is 3.61. The molecule has 2 rings (SSSR count). The molecule has 6 nitrogen and oxygen atoms in total. The maximum absolute atomic E-state index is 12.2. The molecule has 1 amide bonds. The molecule has 0 saturated carbocycles. The van der Waals surface area contributed by atoms with Crippen molar-refractivity contribution in [3.05, 3.63) is 18.2 Å². The van der Waals surface area contributed by atoms with Gasteiger partial charge in [-0.3, -0.25) is 9.69 Å². The summed E-state index contributed by atoms with van der Waals surface area (Å²) in [6, 6.07) is 0. The third-order valence-corrected chi connectivity index (χ3v) is 4.16. The molecule has 1 aliphatic heterocycles. The second kappa shape index (κ2) is 7.24. The lowest BCUT2D eigenvalue weighted by Crippen LogP contribution is -2.55. The number of imidazole rings is 1. The Morgan fingerprint density at radius 3 is 2.73 bits per heavy atom. The van der Waals surface area contributed by atoms with Crippen molar-refractivity contribution in [1.82, 2.24) is 19.8 Å². The molecule has 22 heavy (non-hydrogen) atoms. The van der Waals surface area contributed by atoms with Crippen molar-refractivity contribution in [2.24, 2.45) is 0 Å². The minimum atomic E-state index is -0.0603. The fraction of sp³-hybridized carbons (Fsp3) is 0.750. The minimum absolute atomic E-state index is 0.0289. The van der Waals surface area contributed by atoms with Crippen molar-refractivity contribution >= 4 is 5.91 Å². The average Bonchev–Trinajstić information content (AvgIpc) is 2.94.